The number of rotatable bonds is 4. The summed E-state index contributed by atoms with van der Waals surface area (Å²) in [6.45, 7) is 2.83. The second-order valence-corrected chi connectivity index (χ2v) is 4.12. The van der Waals surface area contributed by atoms with Crippen molar-refractivity contribution in [3.63, 3.8) is 0 Å². The van der Waals surface area contributed by atoms with Gasteiger partial charge >= 0.3 is 0 Å². The summed E-state index contributed by atoms with van der Waals surface area (Å²) in [6, 6.07) is 8.14. The van der Waals surface area contributed by atoms with Crippen molar-refractivity contribution in [3.8, 4) is 17.6 Å². The Morgan fingerprint density at radius 1 is 1.29 bits per heavy atom. The summed E-state index contributed by atoms with van der Waals surface area (Å²) in [5.41, 5.74) is 1.18. The molecule has 0 spiro atoms. The van der Waals surface area contributed by atoms with Gasteiger partial charge in [-0.1, -0.05) is 6.07 Å². The lowest BCUT2D eigenvalue weighted by atomic mass is 10.2. The minimum absolute atomic E-state index is 0.557. The van der Waals surface area contributed by atoms with Crippen LogP contribution in [0.1, 0.15) is 12.0 Å². The second kappa shape index (κ2) is 5.55. The number of hydrogen-bond acceptors (Lipinski definition) is 4. The highest BCUT2D eigenvalue weighted by Crippen LogP contribution is 2.30. The number of nitriles is 1. The van der Waals surface area contributed by atoms with Gasteiger partial charge in [0, 0.05) is 19.5 Å². The Hall–Kier alpha value is -1.73. The Morgan fingerprint density at radius 2 is 2.06 bits per heavy atom. The molecular weight excluding hydrogens is 216 g/mol. The lowest BCUT2D eigenvalue weighted by molar-refractivity contribution is 0.171. The summed E-state index contributed by atoms with van der Waals surface area (Å²) in [5, 5.41) is 8.53. The van der Waals surface area contributed by atoms with Crippen molar-refractivity contribution in [2.75, 3.05) is 26.8 Å². The van der Waals surface area contributed by atoms with Crippen molar-refractivity contribution in [1.82, 2.24) is 4.90 Å². The van der Waals surface area contributed by atoms with Gasteiger partial charge in [0.05, 0.1) is 6.07 Å². The highest BCUT2D eigenvalue weighted by molar-refractivity contribution is 5.43. The molecule has 0 unspecified atom stereocenters. The summed E-state index contributed by atoms with van der Waals surface area (Å²) in [7, 11) is 2.01. The number of hydrogen-bond donors (Lipinski definition) is 0. The molecule has 0 atom stereocenters. The summed E-state index contributed by atoms with van der Waals surface area (Å²) in [5.74, 6) is 1.64. The van der Waals surface area contributed by atoms with Crippen molar-refractivity contribution < 1.29 is 9.47 Å². The van der Waals surface area contributed by atoms with Gasteiger partial charge in [0.25, 0.3) is 0 Å². The van der Waals surface area contributed by atoms with Gasteiger partial charge in [-0.2, -0.15) is 5.26 Å². The van der Waals surface area contributed by atoms with Crippen molar-refractivity contribution in [2.45, 2.75) is 13.0 Å². The van der Waals surface area contributed by atoms with E-state index >= 15 is 0 Å². The van der Waals surface area contributed by atoms with E-state index < -0.39 is 0 Å². The molecule has 1 aliphatic heterocycles. The molecule has 0 aliphatic carbocycles. The van der Waals surface area contributed by atoms with Crippen LogP contribution in [0.25, 0.3) is 0 Å². The zero-order chi connectivity index (χ0) is 12.1. The number of benzene rings is 1. The van der Waals surface area contributed by atoms with Crippen LogP contribution in [0.3, 0.4) is 0 Å². The first-order valence-corrected chi connectivity index (χ1v) is 5.73. The van der Waals surface area contributed by atoms with E-state index in [1.807, 2.05) is 25.2 Å². The van der Waals surface area contributed by atoms with E-state index in [1.165, 1.54) is 5.56 Å². The van der Waals surface area contributed by atoms with E-state index in [4.69, 9.17) is 14.7 Å². The third kappa shape index (κ3) is 3.11. The highest BCUT2D eigenvalue weighted by Gasteiger charge is 2.12. The molecule has 1 aromatic carbocycles. The molecule has 0 radical (unpaired) electrons. The van der Waals surface area contributed by atoms with Gasteiger partial charge in [0.2, 0.25) is 0 Å². The molecule has 0 fully saturated rings. The third-order valence-electron chi connectivity index (χ3n) is 2.66. The lowest BCUT2D eigenvalue weighted by Gasteiger charge is -2.20. The second-order valence-electron chi connectivity index (χ2n) is 4.12. The summed E-state index contributed by atoms with van der Waals surface area (Å²) in [6.07, 6.45) is 0.557. The smallest absolute Gasteiger partial charge is 0.161 e. The fourth-order valence-corrected chi connectivity index (χ4v) is 1.82. The molecule has 0 aromatic heterocycles. The number of ether oxygens (including phenoxy) is 2. The Balaban J connectivity index is 2.00. The summed E-state index contributed by atoms with van der Waals surface area (Å²) >= 11 is 0. The zero-order valence-electron chi connectivity index (χ0n) is 9.98. The molecule has 1 heterocycles. The first-order valence-electron chi connectivity index (χ1n) is 5.73. The number of nitrogens with zero attached hydrogens (tertiary/aromatic N) is 2. The highest BCUT2D eigenvalue weighted by atomic mass is 16.6. The minimum atomic E-state index is 0.557. The average Bonchev–Trinajstić information content (AvgIpc) is 2.36. The Labute approximate surface area is 101 Å². The fraction of sp³-hybridized carbons (Fsp3) is 0.462. The van der Waals surface area contributed by atoms with Crippen molar-refractivity contribution >= 4 is 0 Å². The minimum Gasteiger partial charge on any atom is -0.486 e. The van der Waals surface area contributed by atoms with E-state index in [-0.39, 0.29) is 0 Å². The van der Waals surface area contributed by atoms with Crippen LogP contribution in [0, 0.1) is 11.3 Å². The van der Waals surface area contributed by atoms with Crippen LogP contribution < -0.4 is 9.47 Å². The first-order chi connectivity index (χ1) is 8.29. The van der Waals surface area contributed by atoms with Gasteiger partial charge in [0.1, 0.15) is 13.2 Å². The van der Waals surface area contributed by atoms with Crippen LogP contribution in [-0.2, 0) is 6.54 Å². The van der Waals surface area contributed by atoms with Crippen LogP contribution in [0.5, 0.6) is 11.5 Å². The summed E-state index contributed by atoms with van der Waals surface area (Å²) in [4.78, 5) is 2.12. The molecule has 17 heavy (non-hydrogen) atoms. The standard InChI is InChI=1S/C13H16N2O2/c1-15(6-2-5-14)10-11-3-4-12-13(9-11)17-8-7-16-12/h3-4,9H,2,6-8,10H2,1H3. The molecule has 1 aromatic rings. The Bertz CT molecular complexity index is 426. The van der Waals surface area contributed by atoms with Gasteiger partial charge in [-0.15, -0.1) is 0 Å². The maximum atomic E-state index is 8.53. The van der Waals surface area contributed by atoms with Crippen LogP contribution in [-0.4, -0.2) is 31.7 Å². The SMILES string of the molecule is CN(CCC#N)Cc1ccc2c(c1)OCCO2. The molecule has 1 aliphatic rings. The van der Waals surface area contributed by atoms with Crippen LogP contribution in [0.15, 0.2) is 18.2 Å². The molecule has 2 rings (SSSR count). The van der Waals surface area contributed by atoms with Gasteiger partial charge in [-0.05, 0) is 24.7 Å². The van der Waals surface area contributed by atoms with Gasteiger partial charge in [-0.25, -0.2) is 0 Å². The molecule has 90 valence electrons. The van der Waals surface area contributed by atoms with Crippen molar-refractivity contribution in [2.24, 2.45) is 0 Å². The average molecular weight is 232 g/mol. The normalized spacial score (nSPS) is 13.5. The topological polar surface area (TPSA) is 45.5 Å². The molecule has 0 N–H and O–H groups in total. The summed E-state index contributed by atoms with van der Waals surface area (Å²) < 4.78 is 11.0. The fourth-order valence-electron chi connectivity index (χ4n) is 1.82. The third-order valence-corrected chi connectivity index (χ3v) is 2.66. The zero-order valence-corrected chi connectivity index (χ0v) is 9.98. The van der Waals surface area contributed by atoms with Crippen molar-refractivity contribution in [1.29, 1.82) is 5.26 Å². The quantitative estimate of drug-likeness (QED) is 0.794. The lowest BCUT2D eigenvalue weighted by Crippen LogP contribution is -2.19. The maximum absolute atomic E-state index is 8.53. The molecule has 0 bridgehead atoms. The Kier molecular flexibility index (Phi) is 3.84. The van der Waals surface area contributed by atoms with Gasteiger partial charge in [-0.3, -0.25) is 0 Å². The monoisotopic (exact) mass is 232 g/mol. The van der Waals surface area contributed by atoms with Crippen LogP contribution >= 0.6 is 0 Å². The predicted molar refractivity (Wildman–Crippen MR) is 64.0 cm³/mol. The van der Waals surface area contributed by atoms with Gasteiger partial charge < -0.3 is 14.4 Å². The predicted octanol–water partition coefficient (Wildman–Crippen LogP) is 1.80. The maximum Gasteiger partial charge on any atom is 0.161 e. The largest absolute Gasteiger partial charge is 0.486 e. The molecule has 0 saturated heterocycles. The molecular formula is C13H16N2O2. The van der Waals surface area contributed by atoms with Gasteiger partial charge in [0.15, 0.2) is 11.5 Å². The molecule has 4 nitrogen and oxygen atoms in total. The molecule has 0 saturated carbocycles. The van der Waals surface area contributed by atoms with E-state index in [9.17, 15) is 0 Å². The molecule has 4 heteroatoms. The van der Waals surface area contributed by atoms with Crippen LogP contribution in [0.2, 0.25) is 0 Å². The number of fused-ring (bicyclic) bond motifs is 1. The van der Waals surface area contributed by atoms with E-state index in [1.54, 1.807) is 0 Å². The van der Waals surface area contributed by atoms with E-state index in [2.05, 4.69) is 11.0 Å². The first kappa shape index (κ1) is 11.7. The van der Waals surface area contributed by atoms with Crippen molar-refractivity contribution in [3.05, 3.63) is 23.8 Å². The Morgan fingerprint density at radius 3 is 2.82 bits per heavy atom. The van der Waals surface area contributed by atoms with E-state index in [0.29, 0.717) is 19.6 Å². The van der Waals surface area contributed by atoms with Crippen LogP contribution in [0.4, 0.5) is 0 Å². The van der Waals surface area contributed by atoms with E-state index in [0.717, 1.165) is 24.6 Å². The molecule has 0 amide bonds.